The van der Waals surface area contributed by atoms with Gasteiger partial charge < -0.3 is 58.3 Å². The molecule has 17 nitrogen and oxygen atoms in total. The van der Waals surface area contributed by atoms with Crippen molar-refractivity contribution < 1.29 is 54.3 Å². The van der Waals surface area contributed by atoms with Crippen LogP contribution in [-0.2, 0) is 28.8 Å². The number of amides is 4. The maximum Gasteiger partial charge on any atom is 0.321 e. The average molecular weight is 617 g/mol. The summed E-state index contributed by atoms with van der Waals surface area (Å²) in [6, 6.07) is -2.14. The highest BCUT2D eigenvalue weighted by Crippen LogP contribution is 2.04. The summed E-state index contributed by atoms with van der Waals surface area (Å²) in [5, 5.41) is 54.0. The molecule has 0 aromatic carbocycles. The lowest BCUT2D eigenvalue weighted by Gasteiger charge is -2.17. The number of carbonyl (C=O) groups excluding carboxylic acids is 4. The molecule has 0 heterocycles. The Bertz CT molecular complexity index is 809. The fourth-order valence-electron chi connectivity index (χ4n) is 2.40. The number of nitrogens with two attached hydrogens (primary N) is 2. The number of rotatable bonds is 21. The van der Waals surface area contributed by atoms with E-state index in [0.717, 1.165) is 30.6 Å². The van der Waals surface area contributed by atoms with Crippen molar-refractivity contribution in [2.24, 2.45) is 11.5 Å². The Morgan fingerprint density at radius 2 is 1.05 bits per heavy atom. The van der Waals surface area contributed by atoms with Gasteiger partial charge in [-0.25, -0.2) is 0 Å². The van der Waals surface area contributed by atoms with E-state index in [1.165, 1.54) is 0 Å². The smallest absolute Gasteiger partial charge is 0.321 e. The predicted molar refractivity (Wildman–Crippen MR) is 147 cm³/mol. The highest BCUT2D eigenvalue weighted by molar-refractivity contribution is 8.00. The minimum Gasteiger partial charge on any atom is -0.480 e. The number of aliphatic hydroxyl groups is 3. The van der Waals surface area contributed by atoms with Gasteiger partial charge in [-0.2, -0.15) is 0 Å². The second kappa shape index (κ2) is 24.1. The molecule has 40 heavy (non-hydrogen) atoms. The summed E-state index contributed by atoms with van der Waals surface area (Å²) in [5.41, 5.74) is 10.6. The van der Waals surface area contributed by atoms with Crippen LogP contribution in [0.2, 0.25) is 0 Å². The number of thioether (sulfide) groups is 2. The Kier molecular flexibility index (Phi) is 23.8. The Hall–Kier alpha value is -2.68. The maximum absolute atomic E-state index is 11.9. The molecule has 0 aliphatic heterocycles. The van der Waals surface area contributed by atoms with Crippen molar-refractivity contribution in [3.63, 3.8) is 0 Å². The highest BCUT2D eigenvalue weighted by Gasteiger charge is 2.24. The number of aliphatic hydroxyl groups excluding tert-OH is 3. The molecular weight excluding hydrogens is 576 g/mol. The summed E-state index contributed by atoms with van der Waals surface area (Å²) in [6.07, 6.45) is -3.71. The van der Waals surface area contributed by atoms with Crippen molar-refractivity contribution in [1.82, 2.24) is 21.3 Å². The molecule has 13 N–H and O–H groups in total. The van der Waals surface area contributed by atoms with E-state index >= 15 is 0 Å². The number of carboxylic acids is 2. The molecule has 232 valence electrons. The number of carbonyl (C=O) groups is 6. The standard InChI is InChI=1S/C20H36N6O10S2.CH4O/c21-11(19(33)34)7-37-9-15(29)24-4-3-23-14(28)2-1-13(27)17(31)18(32)26-6-5-25-16(30)10-38-8-12(22)20(35)36;1-2/h11-13,17,27,31H,1-10,21-22H2,(H,23,28)(H,24,29)(H,25,30)(H,26,32)(H,33,34)(H,35,36);2H,1H3. The number of aliphatic carboxylic acids is 2. The molecule has 0 aliphatic carbocycles. The lowest BCUT2D eigenvalue weighted by Crippen LogP contribution is -2.45. The van der Waals surface area contributed by atoms with Gasteiger partial charge in [-0.3, -0.25) is 28.8 Å². The Labute approximate surface area is 239 Å². The fourth-order valence-corrected chi connectivity index (χ4v) is 4.00. The molecule has 0 saturated heterocycles. The number of hydrogen-bond acceptors (Lipinski definition) is 13. The van der Waals surface area contributed by atoms with Gasteiger partial charge in [-0.05, 0) is 6.42 Å². The minimum atomic E-state index is -1.79. The summed E-state index contributed by atoms with van der Waals surface area (Å²) < 4.78 is 0. The first-order chi connectivity index (χ1) is 18.8. The third-order valence-corrected chi connectivity index (χ3v) is 6.63. The lowest BCUT2D eigenvalue weighted by molar-refractivity contribution is -0.138. The quantitative estimate of drug-likeness (QED) is 0.0537. The second-order valence-corrected chi connectivity index (χ2v) is 9.87. The van der Waals surface area contributed by atoms with Gasteiger partial charge in [-0.1, -0.05) is 0 Å². The minimum absolute atomic E-state index is 0.0102. The normalized spacial score (nSPS) is 13.3. The van der Waals surface area contributed by atoms with E-state index in [1.807, 2.05) is 0 Å². The predicted octanol–water partition coefficient (Wildman–Crippen LogP) is -5.15. The van der Waals surface area contributed by atoms with Crippen LogP contribution in [0.25, 0.3) is 0 Å². The summed E-state index contributed by atoms with van der Waals surface area (Å²) in [6.45, 7) is 0.214. The highest BCUT2D eigenvalue weighted by atomic mass is 32.2. The van der Waals surface area contributed by atoms with Crippen LogP contribution in [0.15, 0.2) is 0 Å². The van der Waals surface area contributed by atoms with Crippen molar-refractivity contribution >= 4 is 59.1 Å². The molecule has 0 spiro atoms. The van der Waals surface area contributed by atoms with Crippen molar-refractivity contribution in [2.75, 3.05) is 56.3 Å². The van der Waals surface area contributed by atoms with Crippen LogP contribution in [0.5, 0.6) is 0 Å². The van der Waals surface area contributed by atoms with E-state index in [1.54, 1.807) is 0 Å². The maximum atomic E-state index is 11.9. The van der Waals surface area contributed by atoms with Crippen LogP contribution in [0.3, 0.4) is 0 Å². The van der Waals surface area contributed by atoms with E-state index in [4.69, 9.17) is 26.8 Å². The summed E-state index contributed by atoms with van der Waals surface area (Å²) in [4.78, 5) is 68.2. The molecule has 0 rings (SSSR count). The zero-order valence-corrected chi connectivity index (χ0v) is 23.7. The third-order valence-electron chi connectivity index (χ3n) is 4.51. The molecule has 4 unspecified atom stereocenters. The summed E-state index contributed by atoms with van der Waals surface area (Å²) in [7, 11) is 1.00. The fraction of sp³-hybridized carbons (Fsp3) is 0.714. The van der Waals surface area contributed by atoms with Gasteiger partial charge in [0.1, 0.15) is 12.1 Å². The van der Waals surface area contributed by atoms with Gasteiger partial charge in [0.15, 0.2) is 6.10 Å². The Morgan fingerprint density at radius 1 is 0.675 bits per heavy atom. The van der Waals surface area contributed by atoms with Gasteiger partial charge in [0.05, 0.1) is 17.6 Å². The topological polar surface area (TPSA) is 304 Å². The largest absolute Gasteiger partial charge is 0.480 e. The van der Waals surface area contributed by atoms with E-state index in [0.29, 0.717) is 0 Å². The molecule has 0 fully saturated rings. The second-order valence-electron chi connectivity index (χ2n) is 7.81. The molecular formula is C21H40N6O11S2. The summed E-state index contributed by atoms with van der Waals surface area (Å²) >= 11 is 2.10. The van der Waals surface area contributed by atoms with Crippen LogP contribution in [0.4, 0.5) is 0 Å². The van der Waals surface area contributed by atoms with Gasteiger partial charge in [-0.15, -0.1) is 23.5 Å². The molecule has 0 bridgehead atoms. The molecule has 0 saturated carbocycles. The molecule has 4 amide bonds. The van der Waals surface area contributed by atoms with E-state index in [-0.39, 0.29) is 67.9 Å². The molecule has 0 aromatic heterocycles. The van der Waals surface area contributed by atoms with Crippen molar-refractivity contribution in [3.8, 4) is 0 Å². The van der Waals surface area contributed by atoms with Crippen LogP contribution in [0, 0.1) is 0 Å². The van der Waals surface area contributed by atoms with E-state index < -0.39 is 54.0 Å². The molecule has 0 radical (unpaired) electrons. The number of hydrogen-bond donors (Lipinski definition) is 11. The number of nitrogens with one attached hydrogen (secondary N) is 4. The van der Waals surface area contributed by atoms with Crippen LogP contribution < -0.4 is 32.7 Å². The van der Waals surface area contributed by atoms with Crippen molar-refractivity contribution in [1.29, 1.82) is 0 Å². The Morgan fingerprint density at radius 3 is 1.45 bits per heavy atom. The zero-order valence-electron chi connectivity index (χ0n) is 22.0. The molecule has 0 aromatic rings. The van der Waals surface area contributed by atoms with Crippen molar-refractivity contribution in [2.45, 2.75) is 37.1 Å². The van der Waals surface area contributed by atoms with Crippen LogP contribution >= 0.6 is 23.5 Å². The van der Waals surface area contributed by atoms with E-state index in [2.05, 4.69) is 21.3 Å². The van der Waals surface area contributed by atoms with Crippen LogP contribution in [-0.4, -0.2) is 142 Å². The first-order valence-electron chi connectivity index (χ1n) is 11.9. The van der Waals surface area contributed by atoms with Crippen LogP contribution in [0.1, 0.15) is 12.8 Å². The Balaban J connectivity index is 0. The zero-order chi connectivity index (χ0) is 31.1. The lowest BCUT2D eigenvalue weighted by atomic mass is 10.1. The number of carboxylic acid groups (broad SMARTS) is 2. The third kappa shape index (κ3) is 21.2. The first kappa shape index (κ1) is 39.5. The molecule has 19 heteroatoms. The molecule has 4 atom stereocenters. The van der Waals surface area contributed by atoms with E-state index in [9.17, 15) is 39.0 Å². The SMILES string of the molecule is CO.NC(CSCC(=O)NCCNC(=O)CCC(O)C(O)C(=O)NCCNC(=O)CSCC(N)C(=O)O)C(=O)O. The first-order valence-corrected chi connectivity index (χ1v) is 14.2. The summed E-state index contributed by atoms with van der Waals surface area (Å²) in [5.74, 6) is -4.31. The van der Waals surface area contributed by atoms with Gasteiger partial charge >= 0.3 is 11.9 Å². The van der Waals surface area contributed by atoms with Crippen molar-refractivity contribution in [3.05, 3.63) is 0 Å². The van der Waals surface area contributed by atoms with Gasteiger partial charge in [0.25, 0.3) is 5.91 Å². The van der Waals surface area contributed by atoms with Gasteiger partial charge in [0.2, 0.25) is 17.7 Å². The monoisotopic (exact) mass is 616 g/mol. The average Bonchev–Trinajstić information content (AvgIpc) is 2.92. The van der Waals surface area contributed by atoms with Gasteiger partial charge in [0, 0.05) is 51.2 Å². The molecule has 0 aliphatic rings.